The van der Waals surface area contributed by atoms with Crippen LogP contribution in [0.15, 0.2) is 53.9 Å². The van der Waals surface area contributed by atoms with Gasteiger partial charge in [0.05, 0.1) is 25.9 Å². The molecule has 1 amide bonds. The first-order valence-corrected chi connectivity index (χ1v) is 9.29. The molecule has 0 bridgehead atoms. The molecule has 0 fully saturated rings. The Balaban J connectivity index is 1.69. The molecule has 0 saturated heterocycles. The molecule has 3 aromatic rings. The van der Waals surface area contributed by atoms with Crippen LogP contribution in [0.4, 0.5) is 10.8 Å². The molecule has 140 valence electrons. The summed E-state index contributed by atoms with van der Waals surface area (Å²) in [6.07, 6.45) is 0. The molecule has 6 nitrogen and oxygen atoms in total. The van der Waals surface area contributed by atoms with Gasteiger partial charge in [-0.15, -0.1) is 11.3 Å². The van der Waals surface area contributed by atoms with Crippen LogP contribution in [0.3, 0.4) is 0 Å². The van der Waals surface area contributed by atoms with Crippen LogP contribution in [0.5, 0.6) is 11.5 Å². The number of carbonyl (C=O) groups excluding carboxylic acids is 1. The van der Waals surface area contributed by atoms with Crippen LogP contribution in [-0.4, -0.2) is 25.1 Å². The van der Waals surface area contributed by atoms with Gasteiger partial charge in [-0.25, -0.2) is 4.98 Å². The highest BCUT2D eigenvalue weighted by molar-refractivity contribution is 7.14. The van der Waals surface area contributed by atoms with E-state index >= 15 is 0 Å². The van der Waals surface area contributed by atoms with Crippen LogP contribution in [0.25, 0.3) is 0 Å². The zero-order chi connectivity index (χ0) is 19.2. The van der Waals surface area contributed by atoms with Crippen molar-refractivity contribution in [3.63, 3.8) is 0 Å². The van der Waals surface area contributed by atoms with Crippen molar-refractivity contribution in [3.05, 3.63) is 65.2 Å². The number of ether oxygens (including phenoxy) is 2. The second kappa shape index (κ2) is 8.55. The molecule has 0 radical (unpaired) electrons. The first-order valence-electron chi connectivity index (χ1n) is 8.41. The molecule has 0 aliphatic heterocycles. The fourth-order valence-electron chi connectivity index (χ4n) is 2.55. The van der Waals surface area contributed by atoms with E-state index in [1.807, 2.05) is 49.4 Å². The van der Waals surface area contributed by atoms with Gasteiger partial charge >= 0.3 is 0 Å². The van der Waals surface area contributed by atoms with Crippen LogP contribution >= 0.6 is 11.3 Å². The van der Waals surface area contributed by atoms with Crippen LogP contribution in [0.2, 0.25) is 0 Å². The molecule has 1 aromatic heterocycles. The summed E-state index contributed by atoms with van der Waals surface area (Å²) in [7, 11) is 3.19. The van der Waals surface area contributed by atoms with Gasteiger partial charge in [0.1, 0.15) is 17.2 Å². The summed E-state index contributed by atoms with van der Waals surface area (Å²) < 4.78 is 10.6. The van der Waals surface area contributed by atoms with Gasteiger partial charge in [0.25, 0.3) is 5.91 Å². The minimum atomic E-state index is -0.211. The zero-order valence-electron chi connectivity index (χ0n) is 15.4. The Labute approximate surface area is 162 Å². The van der Waals surface area contributed by atoms with Crippen LogP contribution in [0.1, 0.15) is 29.0 Å². The lowest BCUT2D eigenvalue weighted by Gasteiger charge is -2.13. The number of anilines is 2. The molecule has 1 unspecified atom stereocenters. The first kappa shape index (κ1) is 18.7. The maximum absolute atomic E-state index is 12.5. The topological polar surface area (TPSA) is 72.5 Å². The SMILES string of the molecule is COc1ccc(Nc2nc(C(=O)NC(C)c3ccccc3)cs2)c(OC)c1. The maximum Gasteiger partial charge on any atom is 0.271 e. The fraction of sp³-hybridized carbons (Fsp3) is 0.200. The van der Waals surface area contributed by atoms with Crippen molar-refractivity contribution in [1.82, 2.24) is 10.3 Å². The van der Waals surface area contributed by atoms with E-state index in [1.165, 1.54) is 11.3 Å². The van der Waals surface area contributed by atoms with Crippen LogP contribution in [0, 0.1) is 0 Å². The number of thiazole rings is 1. The number of benzene rings is 2. The van der Waals surface area contributed by atoms with Crippen molar-refractivity contribution >= 4 is 28.1 Å². The van der Waals surface area contributed by atoms with Gasteiger partial charge in [0, 0.05) is 11.4 Å². The number of nitrogens with one attached hydrogen (secondary N) is 2. The Kier molecular flexibility index (Phi) is 5.93. The van der Waals surface area contributed by atoms with Gasteiger partial charge in [-0.3, -0.25) is 4.79 Å². The number of methoxy groups -OCH3 is 2. The van der Waals surface area contributed by atoms with E-state index in [0.29, 0.717) is 22.3 Å². The monoisotopic (exact) mass is 383 g/mol. The molecule has 0 saturated carbocycles. The Morgan fingerprint density at radius 3 is 2.59 bits per heavy atom. The normalized spacial score (nSPS) is 11.5. The molecular weight excluding hydrogens is 362 g/mol. The lowest BCUT2D eigenvalue weighted by Crippen LogP contribution is -2.26. The fourth-order valence-corrected chi connectivity index (χ4v) is 3.25. The first-order chi connectivity index (χ1) is 13.1. The highest BCUT2D eigenvalue weighted by Gasteiger charge is 2.15. The summed E-state index contributed by atoms with van der Waals surface area (Å²) in [5.41, 5.74) is 2.16. The van der Waals surface area contributed by atoms with E-state index in [0.717, 1.165) is 11.3 Å². The minimum Gasteiger partial charge on any atom is -0.497 e. The molecule has 1 atom stereocenters. The highest BCUT2D eigenvalue weighted by atomic mass is 32.1. The van der Waals surface area contributed by atoms with Crippen molar-refractivity contribution in [2.45, 2.75) is 13.0 Å². The predicted molar refractivity (Wildman–Crippen MR) is 107 cm³/mol. The summed E-state index contributed by atoms with van der Waals surface area (Å²) in [4.78, 5) is 16.8. The van der Waals surface area contributed by atoms with Gasteiger partial charge in [-0.05, 0) is 24.6 Å². The van der Waals surface area contributed by atoms with Crippen LogP contribution < -0.4 is 20.1 Å². The molecule has 27 heavy (non-hydrogen) atoms. The molecule has 1 heterocycles. The Bertz CT molecular complexity index is 912. The van der Waals surface area contributed by atoms with Crippen molar-refractivity contribution in [2.75, 3.05) is 19.5 Å². The third kappa shape index (κ3) is 4.57. The molecule has 2 aromatic carbocycles. The minimum absolute atomic E-state index is 0.0986. The smallest absolute Gasteiger partial charge is 0.271 e. The predicted octanol–water partition coefficient (Wildman–Crippen LogP) is 4.39. The van der Waals surface area contributed by atoms with Gasteiger partial charge < -0.3 is 20.1 Å². The van der Waals surface area contributed by atoms with E-state index < -0.39 is 0 Å². The van der Waals surface area contributed by atoms with E-state index in [9.17, 15) is 4.79 Å². The number of nitrogens with zero attached hydrogens (tertiary/aromatic N) is 1. The summed E-state index contributed by atoms with van der Waals surface area (Å²) in [6, 6.07) is 15.2. The largest absolute Gasteiger partial charge is 0.497 e. The molecule has 7 heteroatoms. The zero-order valence-corrected chi connectivity index (χ0v) is 16.2. The summed E-state index contributed by atoms with van der Waals surface area (Å²) in [5.74, 6) is 1.12. The second-order valence-corrected chi connectivity index (χ2v) is 6.69. The standard InChI is InChI=1S/C20H21N3O3S/c1-13(14-7-5-4-6-8-14)21-19(24)17-12-27-20(23-17)22-16-10-9-15(25-2)11-18(16)26-3/h4-13H,1-3H3,(H,21,24)(H,22,23). The average Bonchev–Trinajstić information content (AvgIpc) is 3.17. The van der Waals surface area contributed by atoms with Crippen LogP contribution in [-0.2, 0) is 0 Å². The van der Waals surface area contributed by atoms with E-state index in [2.05, 4.69) is 15.6 Å². The van der Waals surface area contributed by atoms with E-state index in [-0.39, 0.29) is 11.9 Å². The second-order valence-electron chi connectivity index (χ2n) is 5.83. The van der Waals surface area contributed by atoms with Crippen molar-refractivity contribution < 1.29 is 14.3 Å². The van der Waals surface area contributed by atoms with Gasteiger partial charge in [0.15, 0.2) is 5.13 Å². The third-order valence-electron chi connectivity index (χ3n) is 4.03. The van der Waals surface area contributed by atoms with E-state index in [1.54, 1.807) is 25.7 Å². The maximum atomic E-state index is 12.5. The number of hydrogen-bond donors (Lipinski definition) is 2. The number of carbonyl (C=O) groups is 1. The summed E-state index contributed by atoms with van der Waals surface area (Å²) in [5, 5.41) is 8.48. The van der Waals surface area contributed by atoms with E-state index in [4.69, 9.17) is 9.47 Å². The molecular formula is C20H21N3O3S. The molecule has 2 N–H and O–H groups in total. The van der Waals surface area contributed by atoms with Crippen molar-refractivity contribution in [2.24, 2.45) is 0 Å². The number of rotatable bonds is 7. The van der Waals surface area contributed by atoms with Gasteiger partial charge in [-0.1, -0.05) is 30.3 Å². The van der Waals surface area contributed by atoms with Crippen molar-refractivity contribution in [1.29, 1.82) is 0 Å². The van der Waals surface area contributed by atoms with Gasteiger partial charge in [-0.2, -0.15) is 0 Å². The Hall–Kier alpha value is -3.06. The Morgan fingerprint density at radius 2 is 1.89 bits per heavy atom. The quantitative estimate of drug-likeness (QED) is 0.633. The lowest BCUT2D eigenvalue weighted by molar-refractivity contribution is 0.0935. The molecule has 3 rings (SSSR count). The number of amides is 1. The summed E-state index contributed by atoms with van der Waals surface area (Å²) in [6.45, 7) is 1.95. The molecule has 0 aliphatic rings. The third-order valence-corrected chi connectivity index (χ3v) is 4.79. The van der Waals surface area contributed by atoms with Gasteiger partial charge in [0.2, 0.25) is 0 Å². The molecule has 0 spiro atoms. The molecule has 0 aliphatic carbocycles. The van der Waals surface area contributed by atoms with Crippen molar-refractivity contribution in [3.8, 4) is 11.5 Å². The summed E-state index contributed by atoms with van der Waals surface area (Å²) >= 11 is 1.35. The highest BCUT2D eigenvalue weighted by Crippen LogP contribution is 2.32. The average molecular weight is 383 g/mol. The Morgan fingerprint density at radius 1 is 1.11 bits per heavy atom. The number of aromatic nitrogens is 1. The number of hydrogen-bond acceptors (Lipinski definition) is 6. The lowest BCUT2D eigenvalue weighted by atomic mass is 10.1.